The van der Waals surface area contributed by atoms with Crippen LogP contribution in [-0.4, -0.2) is 25.9 Å². The van der Waals surface area contributed by atoms with Crippen LogP contribution >= 0.6 is 0 Å². The summed E-state index contributed by atoms with van der Waals surface area (Å²) in [5.74, 6) is -5.64. The van der Waals surface area contributed by atoms with Crippen LogP contribution in [0.25, 0.3) is 0 Å². The Morgan fingerprint density at radius 3 is 2.05 bits per heavy atom. The lowest BCUT2D eigenvalue weighted by Gasteiger charge is -2.17. The number of alkyl halides is 3. The molecule has 0 aliphatic carbocycles. The Kier molecular flexibility index (Phi) is 3.94. The summed E-state index contributed by atoms with van der Waals surface area (Å²) in [6.07, 6.45) is 0. The van der Waals surface area contributed by atoms with E-state index in [-0.39, 0.29) is 0 Å². The van der Waals surface area contributed by atoms with E-state index in [1.165, 1.54) is 0 Å². The third-order valence-electron chi connectivity index (χ3n) is 1.93. The van der Waals surface area contributed by atoms with Crippen LogP contribution in [0.4, 0.5) is 13.2 Å². The Morgan fingerprint density at radius 2 is 1.65 bits per heavy atom. The van der Waals surface area contributed by atoms with Gasteiger partial charge in [0.2, 0.25) is 0 Å². The minimum Gasteiger partial charge on any atom is -0.545 e. The van der Waals surface area contributed by atoms with Gasteiger partial charge in [-0.25, -0.2) is 0 Å². The van der Waals surface area contributed by atoms with Crippen LogP contribution in [0.15, 0.2) is 18.2 Å². The van der Waals surface area contributed by atoms with Gasteiger partial charge in [0.05, 0.1) is 17.5 Å². The van der Waals surface area contributed by atoms with Crippen molar-refractivity contribution in [2.45, 2.75) is 5.51 Å². The highest BCUT2D eigenvalue weighted by atomic mass is 32.2. The lowest BCUT2D eigenvalue weighted by molar-refractivity contribution is -0.259. The van der Waals surface area contributed by atoms with Crippen molar-refractivity contribution in [2.24, 2.45) is 0 Å². The largest absolute Gasteiger partial charge is 0.545 e. The molecule has 7 nitrogen and oxygen atoms in total. The molecule has 110 valence electrons. The van der Waals surface area contributed by atoms with Crippen LogP contribution in [0.1, 0.15) is 20.7 Å². The van der Waals surface area contributed by atoms with E-state index < -0.39 is 44.4 Å². The summed E-state index contributed by atoms with van der Waals surface area (Å²) in [6.45, 7) is 0. The van der Waals surface area contributed by atoms with E-state index in [4.69, 9.17) is 0 Å². The van der Waals surface area contributed by atoms with Crippen LogP contribution in [0, 0.1) is 0 Å². The maximum absolute atomic E-state index is 12.1. The first kappa shape index (κ1) is 15.8. The second-order valence-electron chi connectivity index (χ2n) is 3.24. The van der Waals surface area contributed by atoms with Crippen molar-refractivity contribution in [3.63, 3.8) is 0 Å². The van der Waals surface area contributed by atoms with E-state index in [2.05, 4.69) is 4.18 Å². The summed E-state index contributed by atoms with van der Waals surface area (Å²) >= 11 is 0. The number of carboxylic acids is 2. The molecule has 0 radical (unpaired) electrons. The Hall–Kier alpha value is -2.30. The van der Waals surface area contributed by atoms with Gasteiger partial charge in [-0.2, -0.15) is 21.6 Å². The predicted octanol–water partition coefficient (Wildman–Crippen LogP) is -1.36. The van der Waals surface area contributed by atoms with Crippen molar-refractivity contribution < 1.29 is 45.6 Å². The summed E-state index contributed by atoms with van der Waals surface area (Å²) in [6, 6.07) is 1.98. The number of carbonyl (C=O) groups excluding carboxylic acids is 2. The third kappa shape index (κ3) is 2.99. The second-order valence-corrected chi connectivity index (χ2v) is 4.77. The monoisotopic (exact) mass is 312 g/mol. The molecular formula is C9H3F3O7S-2. The summed E-state index contributed by atoms with van der Waals surface area (Å²) in [7, 11) is -6.15. The number of benzene rings is 1. The molecule has 0 saturated carbocycles. The number of aromatic carboxylic acids is 2. The zero-order chi connectivity index (χ0) is 15.7. The highest BCUT2D eigenvalue weighted by Gasteiger charge is 2.48. The molecule has 0 heterocycles. The number of rotatable bonds is 4. The minimum absolute atomic E-state index is 0.529. The zero-order valence-electron chi connectivity index (χ0n) is 9.13. The van der Waals surface area contributed by atoms with Gasteiger partial charge in [0, 0.05) is 5.56 Å². The van der Waals surface area contributed by atoms with Gasteiger partial charge in [0.25, 0.3) is 0 Å². The van der Waals surface area contributed by atoms with Crippen molar-refractivity contribution in [3.8, 4) is 5.75 Å². The fraction of sp³-hybridized carbons (Fsp3) is 0.111. The van der Waals surface area contributed by atoms with Gasteiger partial charge in [-0.3, -0.25) is 0 Å². The van der Waals surface area contributed by atoms with Crippen LogP contribution in [0.5, 0.6) is 5.75 Å². The SMILES string of the molecule is O=C([O-])c1cccc(OS(=O)(=O)C(F)(F)F)c1C(=O)[O-]. The molecule has 1 aromatic rings. The molecular weight excluding hydrogens is 309 g/mol. The van der Waals surface area contributed by atoms with Gasteiger partial charge in [0.15, 0.2) is 5.75 Å². The molecule has 0 saturated heterocycles. The number of carbonyl (C=O) groups is 2. The van der Waals surface area contributed by atoms with Gasteiger partial charge in [-0.05, 0) is 6.07 Å². The van der Waals surface area contributed by atoms with Crippen LogP contribution in [-0.2, 0) is 10.1 Å². The molecule has 11 heteroatoms. The molecule has 20 heavy (non-hydrogen) atoms. The standard InChI is InChI=1S/C9H5F3O7S/c10-9(11,12)20(17,18)19-5-3-1-2-4(7(13)14)6(5)8(15)16/h1-3H,(H,13,14)(H,15,16)/p-2. The quantitative estimate of drug-likeness (QED) is 0.497. The van der Waals surface area contributed by atoms with Gasteiger partial charge in [0.1, 0.15) is 0 Å². The first-order chi connectivity index (χ1) is 8.97. The Balaban J connectivity index is 3.45. The van der Waals surface area contributed by atoms with Crippen molar-refractivity contribution in [1.29, 1.82) is 0 Å². The molecule has 1 rings (SSSR count). The zero-order valence-corrected chi connectivity index (χ0v) is 9.95. The summed E-state index contributed by atoms with van der Waals surface area (Å²) in [4.78, 5) is 21.3. The maximum atomic E-state index is 12.1. The normalized spacial score (nSPS) is 11.9. The number of hydrogen-bond donors (Lipinski definition) is 0. The highest BCUT2D eigenvalue weighted by Crippen LogP contribution is 2.30. The van der Waals surface area contributed by atoms with Gasteiger partial charge >= 0.3 is 15.6 Å². The van der Waals surface area contributed by atoms with Crippen molar-refractivity contribution in [2.75, 3.05) is 0 Å². The Morgan fingerprint density at radius 1 is 1.10 bits per heavy atom. The number of halogens is 3. The molecule has 0 fully saturated rings. The first-order valence-corrected chi connectivity index (χ1v) is 5.94. The lowest BCUT2D eigenvalue weighted by atomic mass is 10.1. The van der Waals surface area contributed by atoms with Crippen LogP contribution < -0.4 is 14.4 Å². The van der Waals surface area contributed by atoms with E-state index in [1.54, 1.807) is 0 Å². The Labute approximate surface area is 109 Å². The van der Waals surface area contributed by atoms with E-state index in [1.807, 2.05) is 0 Å². The summed E-state index contributed by atoms with van der Waals surface area (Å²) in [5.41, 5.74) is -8.27. The smallest absolute Gasteiger partial charge is 0.534 e. The number of hydrogen-bond acceptors (Lipinski definition) is 7. The van der Waals surface area contributed by atoms with Crippen LogP contribution in [0.2, 0.25) is 0 Å². The number of carboxylic acid groups (broad SMARTS) is 2. The first-order valence-electron chi connectivity index (χ1n) is 4.54. The van der Waals surface area contributed by atoms with Gasteiger partial charge in [-0.15, -0.1) is 0 Å². The topological polar surface area (TPSA) is 124 Å². The van der Waals surface area contributed by atoms with Crippen LogP contribution in [0.3, 0.4) is 0 Å². The molecule has 0 bridgehead atoms. The lowest BCUT2D eigenvalue weighted by Crippen LogP contribution is -2.33. The average molecular weight is 312 g/mol. The molecule has 0 spiro atoms. The summed E-state index contributed by atoms with van der Waals surface area (Å²) in [5, 5.41) is 21.3. The fourth-order valence-electron chi connectivity index (χ4n) is 1.15. The fourth-order valence-corrected chi connectivity index (χ4v) is 1.62. The molecule has 0 aliphatic heterocycles. The maximum Gasteiger partial charge on any atom is 0.534 e. The molecule has 0 atom stereocenters. The molecule has 0 amide bonds. The second kappa shape index (κ2) is 5.00. The van der Waals surface area contributed by atoms with Gasteiger partial charge < -0.3 is 24.0 Å². The molecule has 1 aromatic carbocycles. The van der Waals surface area contributed by atoms with Crippen molar-refractivity contribution >= 4 is 22.1 Å². The van der Waals surface area contributed by atoms with E-state index in [0.717, 1.165) is 6.07 Å². The molecule has 0 unspecified atom stereocenters. The van der Waals surface area contributed by atoms with E-state index in [0.29, 0.717) is 12.1 Å². The summed E-state index contributed by atoms with van der Waals surface area (Å²) < 4.78 is 61.4. The molecule has 0 aromatic heterocycles. The van der Waals surface area contributed by atoms with E-state index in [9.17, 15) is 41.4 Å². The highest BCUT2D eigenvalue weighted by molar-refractivity contribution is 7.88. The van der Waals surface area contributed by atoms with Crippen molar-refractivity contribution in [1.82, 2.24) is 0 Å². The molecule has 0 N–H and O–H groups in total. The van der Waals surface area contributed by atoms with E-state index >= 15 is 0 Å². The van der Waals surface area contributed by atoms with Gasteiger partial charge in [-0.1, -0.05) is 12.1 Å². The molecule has 0 aliphatic rings. The average Bonchev–Trinajstić information content (AvgIpc) is 2.25. The van der Waals surface area contributed by atoms with Crippen molar-refractivity contribution in [3.05, 3.63) is 29.3 Å². The predicted molar refractivity (Wildman–Crippen MR) is 50.7 cm³/mol. The minimum atomic E-state index is -6.15. The Bertz CT molecular complexity index is 663. The third-order valence-corrected chi connectivity index (χ3v) is 2.90.